The van der Waals surface area contributed by atoms with Crippen molar-refractivity contribution in [3.05, 3.63) is 66.1 Å². The average molecular weight is 435 g/mol. The van der Waals surface area contributed by atoms with E-state index in [-0.39, 0.29) is 11.9 Å². The molecule has 0 bridgehead atoms. The number of aromatic nitrogens is 6. The minimum atomic E-state index is -1.41. The number of benzene rings is 1. The van der Waals surface area contributed by atoms with Crippen LogP contribution in [0, 0.1) is 5.82 Å². The topological polar surface area (TPSA) is 82.5 Å². The van der Waals surface area contributed by atoms with Crippen molar-refractivity contribution in [3.63, 3.8) is 0 Å². The van der Waals surface area contributed by atoms with Crippen LogP contribution in [0.5, 0.6) is 0 Å². The first-order chi connectivity index (χ1) is 15.6. The van der Waals surface area contributed by atoms with E-state index in [1.165, 1.54) is 6.07 Å². The minimum absolute atomic E-state index is 0.173. The van der Waals surface area contributed by atoms with Crippen molar-refractivity contribution < 1.29 is 13.6 Å². The van der Waals surface area contributed by atoms with E-state index in [0.717, 1.165) is 6.42 Å². The standard InChI is InChI=1S/C22H19F2N7O/c23-18-10-15(19-12-16(32-28-19)13-30-9-7-25-29-30)2-3-17(18)14-4-8-31-20(11-14)26-27-21(31)22(24)5-1-6-22/h2-4,7-11,16H,1,5-6,12-13H2/t16-/m1/s1. The van der Waals surface area contributed by atoms with Crippen LogP contribution in [0.3, 0.4) is 0 Å². The van der Waals surface area contributed by atoms with Crippen LogP contribution >= 0.6 is 0 Å². The highest BCUT2D eigenvalue weighted by Gasteiger charge is 2.43. The second-order valence-electron chi connectivity index (χ2n) is 8.28. The van der Waals surface area contributed by atoms with Gasteiger partial charge in [0.1, 0.15) is 5.82 Å². The van der Waals surface area contributed by atoms with E-state index < -0.39 is 5.67 Å². The lowest BCUT2D eigenvalue weighted by molar-refractivity contribution is 0.0496. The van der Waals surface area contributed by atoms with Gasteiger partial charge in [-0.2, -0.15) is 0 Å². The van der Waals surface area contributed by atoms with Crippen molar-refractivity contribution in [2.24, 2.45) is 5.16 Å². The lowest BCUT2D eigenvalue weighted by atomic mass is 9.81. The summed E-state index contributed by atoms with van der Waals surface area (Å²) in [6.07, 6.45) is 7.20. The van der Waals surface area contributed by atoms with E-state index >= 15 is 4.39 Å². The highest BCUT2D eigenvalue weighted by Crippen LogP contribution is 2.44. The Labute approximate surface area is 181 Å². The van der Waals surface area contributed by atoms with Crippen molar-refractivity contribution >= 4 is 11.4 Å². The zero-order chi connectivity index (χ0) is 21.7. The molecule has 1 saturated carbocycles. The van der Waals surface area contributed by atoms with Crippen LogP contribution in [0.25, 0.3) is 16.8 Å². The molecule has 32 heavy (non-hydrogen) atoms. The lowest BCUT2D eigenvalue weighted by Crippen LogP contribution is -2.31. The van der Waals surface area contributed by atoms with Gasteiger partial charge in [-0.25, -0.2) is 13.5 Å². The van der Waals surface area contributed by atoms with Crippen LogP contribution in [0.1, 0.15) is 37.1 Å². The van der Waals surface area contributed by atoms with Gasteiger partial charge in [0.15, 0.2) is 23.2 Å². The summed E-state index contributed by atoms with van der Waals surface area (Å²) >= 11 is 0. The van der Waals surface area contributed by atoms with Crippen LogP contribution in [-0.4, -0.2) is 41.4 Å². The van der Waals surface area contributed by atoms with E-state index in [0.29, 0.717) is 59.7 Å². The van der Waals surface area contributed by atoms with Gasteiger partial charge < -0.3 is 4.84 Å². The number of oxime groups is 1. The Hall–Kier alpha value is -3.69. The second-order valence-corrected chi connectivity index (χ2v) is 8.28. The number of halogens is 2. The van der Waals surface area contributed by atoms with Crippen LogP contribution in [0.4, 0.5) is 8.78 Å². The second kappa shape index (κ2) is 7.18. The Kier molecular flexibility index (Phi) is 4.27. The lowest BCUT2D eigenvalue weighted by Gasteiger charge is -2.31. The molecule has 0 radical (unpaired) electrons. The summed E-state index contributed by atoms with van der Waals surface area (Å²) in [6, 6.07) is 8.47. The molecular formula is C22H19F2N7O. The fraction of sp³-hybridized carbons (Fsp3) is 0.318. The number of hydrogen-bond donors (Lipinski definition) is 0. The Bertz CT molecular complexity index is 1330. The van der Waals surface area contributed by atoms with Gasteiger partial charge in [-0.05, 0) is 43.0 Å². The Morgan fingerprint density at radius 2 is 2.00 bits per heavy atom. The molecule has 0 spiro atoms. The van der Waals surface area contributed by atoms with Crippen LogP contribution in [0.2, 0.25) is 0 Å². The maximum absolute atomic E-state index is 15.0. The van der Waals surface area contributed by atoms with Gasteiger partial charge in [0, 0.05) is 29.9 Å². The zero-order valence-electron chi connectivity index (χ0n) is 17.0. The number of alkyl halides is 1. The van der Waals surface area contributed by atoms with Gasteiger partial charge >= 0.3 is 0 Å². The molecule has 1 aliphatic carbocycles. The first-order valence-electron chi connectivity index (χ1n) is 10.5. The fourth-order valence-electron chi connectivity index (χ4n) is 4.24. The summed E-state index contributed by atoms with van der Waals surface area (Å²) in [6.45, 7) is 0.522. The molecule has 0 amide bonds. The number of rotatable bonds is 5. The monoisotopic (exact) mass is 435 g/mol. The molecule has 0 saturated heterocycles. The molecular weight excluding hydrogens is 416 g/mol. The highest BCUT2D eigenvalue weighted by atomic mass is 19.1. The average Bonchev–Trinajstić information content (AvgIpc) is 3.53. The van der Waals surface area contributed by atoms with E-state index in [9.17, 15) is 4.39 Å². The van der Waals surface area contributed by atoms with Gasteiger partial charge in [0.05, 0.1) is 18.5 Å². The quantitative estimate of drug-likeness (QED) is 0.478. The third-order valence-corrected chi connectivity index (χ3v) is 6.17. The predicted octanol–water partition coefficient (Wildman–Crippen LogP) is 3.67. The Morgan fingerprint density at radius 3 is 2.75 bits per heavy atom. The van der Waals surface area contributed by atoms with E-state index in [1.807, 2.05) is 6.07 Å². The SMILES string of the molecule is Fc1cc(C2=NO[C@@H](Cn3ccnn3)C2)ccc1-c1ccn2c(C3(F)CCC3)nnc2c1. The number of nitrogens with zero attached hydrogens (tertiary/aromatic N) is 7. The molecule has 1 aliphatic heterocycles. The first kappa shape index (κ1) is 19.0. The zero-order valence-corrected chi connectivity index (χ0v) is 17.0. The summed E-state index contributed by atoms with van der Waals surface area (Å²) in [5.41, 5.74) is 1.52. The summed E-state index contributed by atoms with van der Waals surface area (Å²) in [5, 5.41) is 20.0. The van der Waals surface area contributed by atoms with Gasteiger partial charge in [0.2, 0.25) is 0 Å². The van der Waals surface area contributed by atoms with Crippen molar-refractivity contribution in [1.82, 2.24) is 29.6 Å². The largest absolute Gasteiger partial charge is 0.390 e. The molecule has 0 N–H and O–H groups in total. The normalized spacial score (nSPS) is 19.6. The molecule has 10 heteroatoms. The van der Waals surface area contributed by atoms with Crippen LogP contribution < -0.4 is 0 Å². The molecule has 8 nitrogen and oxygen atoms in total. The first-order valence-corrected chi connectivity index (χ1v) is 10.5. The number of fused-ring (bicyclic) bond motifs is 1. The minimum Gasteiger partial charge on any atom is -0.390 e. The predicted molar refractivity (Wildman–Crippen MR) is 111 cm³/mol. The van der Waals surface area contributed by atoms with Gasteiger partial charge in [-0.15, -0.1) is 15.3 Å². The summed E-state index contributed by atoms with van der Waals surface area (Å²) in [7, 11) is 0. The third kappa shape index (κ3) is 3.14. The third-order valence-electron chi connectivity index (χ3n) is 6.17. The van der Waals surface area contributed by atoms with Gasteiger partial charge in [-0.3, -0.25) is 4.40 Å². The molecule has 1 atom stereocenters. The van der Waals surface area contributed by atoms with Crippen molar-refractivity contribution in [2.45, 2.75) is 44.0 Å². The van der Waals surface area contributed by atoms with E-state index in [2.05, 4.69) is 25.7 Å². The Balaban J connectivity index is 1.23. The molecule has 1 aromatic carbocycles. The van der Waals surface area contributed by atoms with Crippen molar-refractivity contribution in [1.29, 1.82) is 0 Å². The number of pyridine rings is 1. The molecule has 4 aromatic rings. The Morgan fingerprint density at radius 1 is 1.09 bits per heavy atom. The summed E-state index contributed by atoms with van der Waals surface area (Å²) in [4.78, 5) is 5.47. The van der Waals surface area contributed by atoms with Gasteiger partial charge in [0.25, 0.3) is 0 Å². The fourth-order valence-corrected chi connectivity index (χ4v) is 4.24. The molecule has 3 aromatic heterocycles. The number of hydrogen-bond acceptors (Lipinski definition) is 6. The molecule has 2 aliphatic rings. The molecule has 6 rings (SSSR count). The molecule has 1 fully saturated rings. The van der Waals surface area contributed by atoms with E-state index in [4.69, 9.17) is 4.84 Å². The van der Waals surface area contributed by atoms with Crippen LogP contribution in [-0.2, 0) is 17.1 Å². The smallest absolute Gasteiger partial charge is 0.175 e. The summed E-state index contributed by atoms with van der Waals surface area (Å²) in [5.74, 6) is -0.0595. The maximum atomic E-state index is 15.0. The van der Waals surface area contributed by atoms with Crippen molar-refractivity contribution in [2.75, 3.05) is 0 Å². The van der Waals surface area contributed by atoms with E-state index in [1.54, 1.807) is 45.9 Å². The maximum Gasteiger partial charge on any atom is 0.175 e. The molecule has 4 heterocycles. The summed E-state index contributed by atoms with van der Waals surface area (Å²) < 4.78 is 33.2. The molecule has 0 unspecified atom stereocenters. The molecule has 162 valence electrons. The van der Waals surface area contributed by atoms with Crippen molar-refractivity contribution in [3.8, 4) is 11.1 Å². The van der Waals surface area contributed by atoms with Crippen LogP contribution in [0.15, 0.2) is 54.1 Å². The highest BCUT2D eigenvalue weighted by molar-refractivity contribution is 6.01. The van der Waals surface area contributed by atoms with Gasteiger partial charge in [-0.1, -0.05) is 22.5 Å².